The van der Waals surface area contributed by atoms with Crippen LogP contribution in [0.1, 0.15) is 25.5 Å². The Morgan fingerprint density at radius 3 is 2.46 bits per heavy atom. The average Bonchev–Trinajstić information content (AvgIpc) is 3.20. The summed E-state index contributed by atoms with van der Waals surface area (Å²) in [6.45, 7) is 3.87. The fraction of sp³-hybridized carbons (Fsp3) is 0.273. The van der Waals surface area contributed by atoms with Crippen LogP contribution in [0.15, 0.2) is 65.2 Å². The zero-order valence-electron chi connectivity index (χ0n) is 15.4. The fourth-order valence-corrected chi connectivity index (χ4v) is 3.57. The van der Waals surface area contributed by atoms with Crippen molar-refractivity contribution >= 4 is 29.2 Å². The van der Waals surface area contributed by atoms with Crippen molar-refractivity contribution in [2.24, 2.45) is 17.3 Å². The van der Waals surface area contributed by atoms with Gasteiger partial charge in [-0.1, -0.05) is 67.4 Å². The van der Waals surface area contributed by atoms with Crippen LogP contribution in [0.2, 0.25) is 0 Å². The van der Waals surface area contributed by atoms with Crippen LogP contribution >= 0.6 is 23.2 Å². The van der Waals surface area contributed by atoms with E-state index in [-0.39, 0.29) is 21.7 Å². The van der Waals surface area contributed by atoms with Crippen molar-refractivity contribution in [2.45, 2.75) is 20.0 Å². The van der Waals surface area contributed by atoms with E-state index in [1.807, 2.05) is 50.2 Å². The summed E-state index contributed by atoms with van der Waals surface area (Å²) in [4.78, 5) is 12.6. The molecule has 0 aromatic heterocycles. The van der Waals surface area contributed by atoms with E-state index in [0.29, 0.717) is 17.1 Å². The van der Waals surface area contributed by atoms with Gasteiger partial charge < -0.3 is 9.47 Å². The summed E-state index contributed by atoms with van der Waals surface area (Å²) >= 11 is 11.5. The molecule has 0 spiro atoms. The van der Waals surface area contributed by atoms with E-state index in [1.165, 1.54) is 0 Å². The SMILES string of the molecule is CC1(C)[C@H](C(=O)O[C@@H](C#N)c2cccc(Oc3ccccc3)c2)[C@@H]1C=C(Cl)Cl. The highest BCUT2D eigenvalue weighted by Gasteiger charge is 2.62. The van der Waals surface area contributed by atoms with Crippen molar-refractivity contribution in [2.75, 3.05) is 0 Å². The number of esters is 1. The molecule has 1 aliphatic rings. The molecular weight excluding hydrogens is 397 g/mol. The number of hydrogen-bond acceptors (Lipinski definition) is 4. The third-order valence-electron chi connectivity index (χ3n) is 4.96. The van der Waals surface area contributed by atoms with Crippen LogP contribution in [0.3, 0.4) is 0 Å². The van der Waals surface area contributed by atoms with Gasteiger partial charge in [-0.15, -0.1) is 0 Å². The third kappa shape index (κ3) is 4.49. The molecule has 4 nitrogen and oxygen atoms in total. The first-order valence-corrected chi connectivity index (χ1v) is 9.54. The van der Waals surface area contributed by atoms with Crippen molar-refractivity contribution in [3.8, 4) is 17.6 Å². The average molecular weight is 416 g/mol. The Morgan fingerprint density at radius 2 is 1.82 bits per heavy atom. The lowest BCUT2D eigenvalue weighted by Crippen LogP contribution is -2.14. The minimum Gasteiger partial charge on any atom is -0.457 e. The second-order valence-corrected chi connectivity index (χ2v) is 8.22. The quantitative estimate of drug-likeness (QED) is 0.528. The Kier molecular flexibility index (Phi) is 5.98. The summed E-state index contributed by atoms with van der Waals surface area (Å²) < 4.78 is 11.4. The minimum absolute atomic E-state index is 0.114. The molecule has 2 aromatic carbocycles. The number of nitriles is 1. The highest BCUT2D eigenvalue weighted by atomic mass is 35.5. The topological polar surface area (TPSA) is 59.3 Å². The lowest BCUT2D eigenvalue weighted by atomic mass is 10.1. The second kappa shape index (κ2) is 8.26. The van der Waals surface area contributed by atoms with E-state index in [2.05, 4.69) is 0 Å². The molecule has 1 aliphatic carbocycles. The summed E-state index contributed by atoms with van der Waals surface area (Å²) in [5.74, 6) is 0.289. The highest BCUT2D eigenvalue weighted by molar-refractivity contribution is 6.55. The molecule has 0 amide bonds. The summed E-state index contributed by atoms with van der Waals surface area (Å²) in [6.07, 6.45) is 0.615. The van der Waals surface area contributed by atoms with Gasteiger partial charge in [0.2, 0.25) is 6.10 Å². The molecule has 0 heterocycles. The standard InChI is InChI=1S/C22H19Cl2NO3/c1-22(2)17(12-19(23)24)20(22)21(26)28-18(13-25)14-7-6-10-16(11-14)27-15-8-4-3-5-9-15/h3-12,17-18,20H,1-2H3/t17-,18-,20-/m0/s1. The van der Waals surface area contributed by atoms with Crippen molar-refractivity contribution in [3.05, 3.63) is 70.7 Å². The monoisotopic (exact) mass is 415 g/mol. The molecule has 0 radical (unpaired) electrons. The lowest BCUT2D eigenvalue weighted by molar-refractivity contribution is -0.149. The molecule has 0 saturated heterocycles. The Labute approximate surface area is 174 Å². The molecule has 0 N–H and O–H groups in total. The fourth-order valence-electron chi connectivity index (χ4n) is 3.30. The maximum Gasteiger partial charge on any atom is 0.311 e. The van der Waals surface area contributed by atoms with Crippen molar-refractivity contribution in [1.29, 1.82) is 5.26 Å². The first-order valence-electron chi connectivity index (χ1n) is 8.78. The molecule has 0 aliphatic heterocycles. The third-order valence-corrected chi connectivity index (χ3v) is 5.21. The van der Waals surface area contributed by atoms with Crippen LogP contribution in [0.4, 0.5) is 0 Å². The van der Waals surface area contributed by atoms with Gasteiger partial charge in [0.05, 0.1) is 5.92 Å². The predicted octanol–water partition coefficient (Wildman–Crippen LogP) is 6.18. The van der Waals surface area contributed by atoms with Crippen molar-refractivity contribution < 1.29 is 14.3 Å². The maximum atomic E-state index is 12.6. The number of allylic oxidation sites excluding steroid dienone is 1. The Morgan fingerprint density at radius 1 is 1.14 bits per heavy atom. The van der Waals surface area contributed by atoms with Crippen LogP contribution < -0.4 is 4.74 Å². The maximum absolute atomic E-state index is 12.6. The van der Waals surface area contributed by atoms with E-state index in [9.17, 15) is 10.1 Å². The molecule has 28 heavy (non-hydrogen) atoms. The number of benzene rings is 2. The van der Waals surface area contributed by atoms with Crippen LogP contribution in [0, 0.1) is 28.6 Å². The smallest absolute Gasteiger partial charge is 0.311 e. The van der Waals surface area contributed by atoms with Gasteiger partial charge >= 0.3 is 5.97 Å². The zero-order chi connectivity index (χ0) is 20.3. The second-order valence-electron chi connectivity index (χ2n) is 7.21. The molecule has 3 atom stereocenters. The molecule has 0 bridgehead atoms. The summed E-state index contributed by atoms with van der Waals surface area (Å²) in [7, 11) is 0. The van der Waals surface area contributed by atoms with Gasteiger partial charge in [0.1, 0.15) is 22.1 Å². The van der Waals surface area contributed by atoms with E-state index in [4.69, 9.17) is 32.7 Å². The largest absolute Gasteiger partial charge is 0.457 e. The molecule has 2 aromatic rings. The number of carbonyl (C=O) groups is 1. The molecule has 144 valence electrons. The number of rotatable bonds is 6. The van der Waals surface area contributed by atoms with Crippen LogP contribution in [-0.4, -0.2) is 5.97 Å². The predicted molar refractivity (Wildman–Crippen MR) is 108 cm³/mol. The molecule has 1 fully saturated rings. The van der Waals surface area contributed by atoms with Gasteiger partial charge in [-0.3, -0.25) is 4.79 Å². The van der Waals surface area contributed by atoms with E-state index in [0.717, 1.165) is 0 Å². The van der Waals surface area contributed by atoms with E-state index >= 15 is 0 Å². The van der Waals surface area contributed by atoms with Gasteiger partial charge in [0.15, 0.2) is 0 Å². The van der Waals surface area contributed by atoms with Crippen LogP contribution in [-0.2, 0) is 9.53 Å². The molecule has 6 heteroatoms. The summed E-state index contributed by atoms with van der Waals surface area (Å²) in [5.41, 5.74) is 0.231. The number of nitrogens with zero attached hydrogens (tertiary/aromatic N) is 1. The first-order chi connectivity index (χ1) is 13.3. The van der Waals surface area contributed by atoms with Gasteiger partial charge in [0, 0.05) is 5.56 Å². The van der Waals surface area contributed by atoms with Gasteiger partial charge in [0.25, 0.3) is 0 Å². The van der Waals surface area contributed by atoms with Crippen LogP contribution in [0.5, 0.6) is 11.5 Å². The Bertz CT molecular complexity index is 930. The number of hydrogen-bond donors (Lipinski definition) is 0. The van der Waals surface area contributed by atoms with Gasteiger partial charge in [-0.05, 0) is 41.7 Å². The molecule has 1 saturated carbocycles. The molecule has 3 rings (SSSR count). The first kappa shape index (κ1) is 20.3. The van der Waals surface area contributed by atoms with Crippen molar-refractivity contribution in [1.82, 2.24) is 0 Å². The summed E-state index contributed by atoms with van der Waals surface area (Å²) in [5, 5.41) is 9.53. The number of halogens is 2. The molecule has 0 unspecified atom stereocenters. The minimum atomic E-state index is -1.03. The normalized spacial score (nSPS) is 20.4. The number of para-hydroxylation sites is 1. The van der Waals surface area contributed by atoms with E-state index in [1.54, 1.807) is 30.3 Å². The summed E-state index contributed by atoms with van der Waals surface area (Å²) in [6, 6.07) is 18.3. The van der Waals surface area contributed by atoms with Gasteiger partial charge in [-0.25, -0.2) is 0 Å². The van der Waals surface area contributed by atoms with Gasteiger partial charge in [-0.2, -0.15) is 5.26 Å². The lowest BCUT2D eigenvalue weighted by Gasteiger charge is -2.13. The van der Waals surface area contributed by atoms with E-state index < -0.39 is 12.1 Å². The van der Waals surface area contributed by atoms with Crippen LogP contribution in [0.25, 0.3) is 0 Å². The highest BCUT2D eigenvalue weighted by Crippen LogP contribution is 2.60. The zero-order valence-corrected chi connectivity index (χ0v) is 16.9. The Balaban J connectivity index is 1.72. The number of ether oxygens (including phenoxy) is 2. The van der Waals surface area contributed by atoms with Crippen molar-refractivity contribution in [3.63, 3.8) is 0 Å². The number of carbonyl (C=O) groups excluding carboxylic acids is 1. The Hall–Kier alpha value is -2.48. The molecular formula is C22H19Cl2NO3.